The molecule has 1 fully saturated rings. The number of ether oxygens (including phenoxy) is 1. The molecule has 0 radical (unpaired) electrons. The van der Waals surface area contributed by atoms with Crippen LogP contribution in [0, 0.1) is 5.82 Å². The van der Waals surface area contributed by atoms with Crippen molar-refractivity contribution >= 4 is 27.3 Å². The Morgan fingerprint density at radius 1 is 1.15 bits per heavy atom. The van der Waals surface area contributed by atoms with E-state index in [0.29, 0.717) is 36.0 Å². The van der Waals surface area contributed by atoms with Gasteiger partial charge in [0.25, 0.3) is 0 Å². The zero-order chi connectivity index (χ0) is 18.6. The maximum absolute atomic E-state index is 13.2. The van der Waals surface area contributed by atoms with E-state index in [2.05, 4.69) is 9.62 Å². The summed E-state index contributed by atoms with van der Waals surface area (Å²) in [5, 5.41) is 0.588. The van der Waals surface area contributed by atoms with Crippen LogP contribution < -0.4 is 4.72 Å². The number of hydrogen-bond acceptors (Lipinski definition) is 4. The Kier molecular flexibility index (Phi) is 6.13. The molecule has 5 nitrogen and oxygen atoms in total. The van der Waals surface area contributed by atoms with Crippen molar-refractivity contribution in [2.45, 2.75) is 12.3 Å². The van der Waals surface area contributed by atoms with Gasteiger partial charge in [0.2, 0.25) is 10.0 Å². The Bertz CT molecular complexity index is 870. The molecule has 1 aliphatic rings. The third kappa shape index (κ3) is 5.41. The molecule has 2 aromatic carbocycles. The number of nitrogens with one attached hydrogen (secondary N) is 1. The lowest BCUT2D eigenvalue weighted by Gasteiger charge is -2.27. The van der Waals surface area contributed by atoms with Crippen molar-refractivity contribution in [2.75, 3.05) is 31.0 Å². The highest BCUT2D eigenvalue weighted by atomic mass is 35.5. The SMILES string of the molecule is O=S(=O)(Cc1cccc(F)c1)Nc1ccc(Cl)c(CN2CCOCC2)c1. The van der Waals surface area contributed by atoms with Gasteiger partial charge in [0, 0.05) is 30.3 Å². The molecule has 1 aliphatic heterocycles. The van der Waals surface area contributed by atoms with Gasteiger partial charge in [-0.3, -0.25) is 9.62 Å². The van der Waals surface area contributed by atoms with Crippen molar-refractivity contribution in [1.82, 2.24) is 4.90 Å². The monoisotopic (exact) mass is 398 g/mol. The zero-order valence-electron chi connectivity index (χ0n) is 14.1. The second-order valence-corrected chi connectivity index (χ2v) is 8.32. The van der Waals surface area contributed by atoms with Gasteiger partial charge >= 0.3 is 0 Å². The molecule has 0 bridgehead atoms. The number of halogens is 2. The smallest absolute Gasteiger partial charge is 0.236 e. The normalized spacial score (nSPS) is 15.8. The van der Waals surface area contributed by atoms with Gasteiger partial charge in [-0.2, -0.15) is 0 Å². The molecule has 1 heterocycles. The number of morpholine rings is 1. The van der Waals surface area contributed by atoms with Crippen LogP contribution in [0.3, 0.4) is 0 Å². The van der Waals surface area contributed by atoms with E-state index >= 15 is 0 Å². The fraction of sp³-hybridized carbons (Fsp3) is 0.333. The molecule has 8 heteroatoms. The average Bonchev–Trinajstić information content (AvgIpc) is 2.58. The van der Waals surface area contributed by atoms with Gasteiger partial charge in [-0.25, -0.2) is 12.8 Å². The van der Waals surface area contributed by atoms with E-state index in [1.165, 1.54) is 18.2 Å². The summed E-state index contributed by atoms with van der Waals surface area (Å²) >= 11 is 6.26. The predicted octanol–water partition coefficient (Wildman–Crippen LogP) is 3.25. The van der Waals surface area contributed by atoms with E-state index < -0.39 is 15.8 Å². The Labute approximate surface area is 157 Å². The van der Waals surface area contributed by atoms with Gasteiger partial charge in [0.15, 0.2) is 0 Å². The highest BCUT2D eigenvalue weighted by Crippen LogP contribution is 2.24. The summed E-state index contributed by atoms with van der Waals surface area (Å²) in [5.41, 5.74) is 1.67. The molecule has 0 aliphatic carbocycles. The zero-order valence-corrected chi connectivity index (χ0v) is 15.7. The number of nitrogens with zero attached hydrogens (tertiary/aromatic N) is 1. The quantitative estimate of drug-likeness (QED) is 0.811. The first-order chi connectivity index (χ1) is 12.4. The Hall–Kier alpha value is -1.67. The van der Waals surface area contributed by atoms with E-state index in [-0.39, 0.29) is 5.75 Å². The first-order valence-electron chi connectivity index (χ1n) is 8.25. The van der Waals surface area contributed by atoms with Crippen molar-refractivity contribution < 1.29 is 17.5 Å². The van der Waals surface area contributed by atoms with Crippen LogP contribution in [0.1, 0.15) is 11.1 Å². The van der Waals surface area contributed by atoms with Gasteiger partial charge in [0.05, 0.1) is 19.0 Å². The Balaban J connectivity index is 1.71. The van der Waals surface area contributed by atoms with Gasteiger partial charge in [-0.05, 0) is 41.5 Å². The number of rotatable bonds is 6. The van der Waals surface area contributed by atoms with Crippen LogP contribution in [-0.4, -0.2) is 39.6 Å². The molecule has 3 rings (SSSR count). The lowest BCUT2D eigenvalue weighted by atomic mass is 10.2. The maximum atomic E-state index is 13.2. The lowest BCUT2D eigenvalue weighted by molar-refractivity contribution is 0.0342. The average molecular weight is 399 g/mol. The second kappa shape index (κ2) is 8.35. The number of anilines is 1. The molecular weight excluding hydrogens is 379 g/mol. The molecule has 0 aromatic heterocycles. The molecular formula is C18H20ClFN2O3S. The molecule has 0 amide bonds. The Morgan fingerprint density at radius 3 is 2.65 bits per heavy atom. The topological polar surface area (TPSA) is 58.6 Å². The van der Waals surface area contributed by atoms with Crippen LogP contribution in [0.4, 0.5) is 10.1 Å². The molecule has 2 aromatic rings. The van der Waals surface area contributed by atoms with Crippen molar-refractivity contribution in [3.63, 3.8) is 0 Å². The van der Waals surface area contributed by atoms with Gasteiger partial charge in [-0.1, -0.05) is 23.7 Å². The number of sulfonamides is 1. The molecule has 26 heavy (non-hydrogen) atoms. The summed E-state index contributed by atoms with van der Waals surface area (Å²) in [6.45, 7) is 3.61. The molecule has 0 saturated carbocycles. The highest BCUT2D eigenvalue weighted by Gasteiger charge is 2.16. The standard InChI is InChI=1S/C18H20ClFN2O3S/c19-18-5-4-17(11-15(18)12-22-6-8-25-9-7-22)21-26(23,24)13-14-2-1-3-16(20)10-14/h1-5,10-11,21H,6-9,12-13H2. The van der Waals surface area contributed by atoms with Crippen molar-refractivity contribution in [2.24, 2.45) is 0 Å². The third-order valence-corrected chi connectivity index (χ3v) is 5.69. The fourth-order valence-corrected chi connectivity index (χ4v) is 4.18. The third-order valence-electron chi connectivity index (χ3n) is 4.06. The van der Waals surface area contributed by atoms with E-state index in [1.54, 1.807) is 24.3 Å². The van der Waals surface area contributed by atoms with Crippen LogP contribution in [0.5, 0.6) is 0 Å². The van der Waals surface area contributed by atoms with Crippen LogP contribution in [0.25, 0.3) is 0 Å². The van der Waals surface area contributed by atoms with E-state index in [4.69, 9.17) is 16.3 Å². The molecule has 1 N–H and O–H groups in total. The second-order valence-electron chi connectivity index (χ2n) is 6.19. The first kappa shape index (κ1) is 19.1. The molecule has 140 valence electrons. The molecule has 0 atom stereocenters. The minimum absolute atomic E-state index is 0.299. The van der Waals surface area contributed by atoms with E-state index in [0.717, 1.165) is 18.7 Å². The van der Waals surface area contributed by atoms with E-state index in [1.807, 2.05) is 0 Å². The molecule has 0 spiro atoms. The van der Waals surface area contributed by atoms with Crippen molar-refractivity contribution in [3.8, 4) is 0 Å². The minimum atomic E-state index is -3.66. The minimum Gasteiger partial charge on any atom is -0.379 e. The number of hydrogen-bond donors (Lipinski definition) is 1. The van der Waals surface area contributed by atoms with Crippen LogP contribution in [-0.2, 0) is 27.1 Å². The van der Waals surface area contributed by atoms with Gasteiger partial charge < -0.3 is 4.74 Å². The van der Waals surface area contributed by atoms with E-state index in [9.17, 15) is 12.8 Å². The lowest BCUT2D eigenvalue weighted by Crippen LogP contribution is -2.35. The highest BCUT2D eigenvalue weighted by molar-refractivity contribution is 7.91. The Morgan fingerprint density at radius 2 is 1.92 bits per heavy atom. The van der Waals surface area contributed by atoms with Crippen LogP contribution >= 0.6 is 11.6 Å². The summed E-state index contributed by atoms with van der Waals surface area (Å²) < 4.78 is 45.9. The van der Waals surface area contributed by atoms with Crippen molar-refractivity contribution in [3.05, 3.63) is 64.4 Å². The predicted molar refractivity (Wildman–Crippen MR) is 100 cm³/mol. The summed E-state index contributed by atoms with van der Waals surface area (Å²) in [4.78, 5) is 2.20. The maximum Gasteiger partial charge on any atom is 0.236 e. The van der Waals surface area contributed by atoms with Crippen LogP contribution in [0.15, 0.2) is 42.5 Å². The summed E-state index contributed by atoms with van der Waals surface area (Å²) in [6.07, 6.45) is 0. The van der Waals surface area contributed by atoms with Crippen LogP contribution in [0.2, 0.25) is 5.02 Å². The summed E-state index contributed by atoms with van der Waals surface area (Å²) in [7, 11) is -3.66. The summed E-state index contributed by atoms with van der Waals surface area (Å²) in [6, 6.07) is 10.6. The summed E-state index contributed by atoms with van der Waals surface area (Å²) in [5.74, 6) is -0.761. The molecule has 1 saturated heterocycles. The first-order valence-corrected chi connectivity index (χ1v) is 10.3. The van der Waals surface area contributed by atoms with Crippen molar-refractivity contribution in [1.29, 1.82) is 0 Å². The largest absolute Gasteiger partial charge is 0.379 e. The van der Waals surface area contributed by atoms with Gasteiger partial charge in [-0.15, -0.1) is 0 Å². The molecule has 0 unspecified atom stereocenters. The number of benzene rings is 2. The fourth-order valence-electron chi connectivity index (χ4n) is 2.82. The van der Waals surface area contributed by atoms with Gasteiger partial charge in [0.1, 0.15) is 5.82 Å².